The minimum Gasteiger partial charge on any atom is -0.326 e. The van der Waals surface area contributed by atoms with Gasteiger partial charge in [0.05, 0.1) is 5.02 Å². The topological polar surface area (TPSA) is 58.2 Å². The molecule has 0 aliphatic heterocycles. The summed E-state index contributed by atoms with van der Waals surface area (Å²) in [7, 11) is 0. The number of nitrogens with one attached hydrogen (secondary N) is 2. The highest BCUT2D eigenvalue weighted by molar-refractivity contribution is 9.10. The van der Waals surface area contributed by atoms with Crippen molar-refractivity contribution in [2.75, 3.05) is 10.6 Å². The van der Waals surface area contributed by atoms with E-state index < -0.39 is 0 Å². The Bertz CT molecular complexity index is 702. The molecule has 0 heterocycles. The first-order chi connectivity index (χ1) is 10.5. The molecule has 2 rings (SSSR count). The van der Waals surface area contributed by atoms with Gasteiger partial charge < -0.3 is 10.6 Å². The van der Waals surface area contributed by atoms with Crippen LogP contribution in [0.1, 0.15) is 23.7 Å². The highest BCUT2D eigenvalue weighted by Crippen LogP contribution is 2.25. The summed E-state index contributed by atoms with van der Waals surface area (Å²) in [6.45, 7) is 1.78. The molecule has 22 heavy (non-hydrogen) atoms. The number of anilines is 2. The SMILES string of the molecule is CCC(=O)Nc1ccc(C(=O)Nc2ccc(Br)c(Cl)c2)cc1. The highest BCUT2D eigenvalue weighted by atomic mass is 79.9. The monoisotopic (exact) mass is 380 g/mol. The Labute approximate surface area is 142 Å². The number of hydrogen-bond donors (Lipinski definition) is 2. The maximum atomic E-state index is 12.1. The summed E-state index contributed by atoms with van der Waals surface area (Å²) in [4.78, 5) is 23.4. The van der Waals surface area contributed by atoms with Gasteiger partial charge in [0.2, 0.25) is 5.91 Å². The third-order valence-electron chi connectivity index (χ3n) is 2.93. The smallest absolute Gasteiger partial charge is 0.255 e. The van der Waals surface area contributed by atoms with Crippen molar-refractivity contribution in [2.24, 2.45) is 0 Å². The van der Waals surface area contributed by atoms with Gasteiger partial charge in [-0.25, -0.2) is 0 Å². The van der Waals surface area contributed by atoms with Gasteiger partial charge in [-0.05, 0) is 58.4 Å². The van der Waals surface area contributed by atoms with Gasteiger partial charge in [0, 0.05) is 27.8 Å². The highest BCUT2D eigenvalue weighted by Gasteiger charge is 2.08. The molecule has 0 fully saturated rings. The summed E-state index contributed by atoms with van der Waals surface area (Å²) in [5.41, 5.74) is 1.77. The standard InChI is InChI=1S/C16H14BrClN2O2/c1-2-15(21)19-11-5-3-10(4-6-11)16(22)20-12-7-8-13(17)14(18)9-12/h3-9H,2H2,1H3,(H,19,21)(H,20,22). The maximum absolute atomic E-state index is 12.1. The fourth-order valence-electron chi connectivity index (χ4n) is 1.73. The van der Waals surface area contributed by atoms with Crippen molar-refractivity contribution in [3.05, 3.63) is 57.5 Å². The fraction of sp³-hybridized carbons (Fsp3) is 0.125. The summed E-state index contributed by atoms with van der Waals surface area (Å²) in [5, 5.41) is 6.02. The van der Waals surface area contributed by atoms with Gasteiger partial charge in [-0.2, -0.15) is 0 Å². The van der Waals surface area contributed by atoms with Crippen molar-refractivity contribution in [2.45, 2.75) is 13.3 Å². The summed E-state index contributed by atoms with van der Waals surface area (Å²) in [6, 6.07) is 11.9. The Kier molecular flexibility index (Phi) is 5.57. The molecule has 2 aromatic carbocycles. The van der Waals surface area contributed by atoms with Crippen LogP contribution in [-0.2, 0) is 4.79 Å². The van der Waals surface area contributed by atoms with E-state index in [4.69, 9.17) is 11.6 Å². The largest absolute Gasteiger partial charge is 0.326 e. The van der Waals surface area contributed by atoms with Crippen LogP contribution in [0, 0.1) is 0 Å². The van der Waals surface area contributed by atoms with E-state index in [0.717, 1.165) is 4.47 Å². The number of carbonyl (C=O) groups excluding carboxylic acids is 2. The Balaban J connectivity index is 2.06. The molecule has 4 nitrogen and oxygen atoms in total. The first kappa shape index (κ1) is 16.5. The van der Waals surface area contributed by atoms with Crippen LogP contribution in [0.15, 0.2) is 46.9 Å². The molecule has 0 spiro atoms. The van der Waals surface area contributed by atoms with Gasteiger partial charge in [-0.1, -0.05) is 18.5 Å². The predicted octanol–water partition coefficient (Wildman–Crippen LogP) is 4.70. The van der Waals surface area contributed by atoms with Gasteiger partial charge in [0.25, 0.3) is 5.91 Å². The summed E-state index contributed by atoms with van der Waals surface area (Å²) in [6.07, 6.45) is 0.409. The van der Waals surface area contributed by atoms with Crippen LogP contribution >= 0.6 is 27.5 Å². The van der Waals surface area contributed by atoms with Gasteiger partial charge in [-0.15, -0.1) is 0 Å². The van der Waals surface area contributed by atoms with Gasteiger partial charge in [-0.3, -0.25) is 9.59 Å². The quantitative estimate of drug-likeness (QED) is 0.806. The normalized spacial score (nSPS) is 10.1. The van der Waals surface area contributed by atoms with Crippen molar-refractivity contribution in [1.82, 2.24) is 0 Å². The number of hydrogen-bond acceptors (Lipinski definition) is 2. The molecule has 0 bridgehead atoms. The van der Waals surface area contributed by atoms with Crippen molar-refractivity contribution in [3.63, 3.8) is 0 Å². The minimum absolute atomic E-state index is 0.0679. The molecular weight excluding hydrogens is 368 g/mol. The van der Waals surface area contributed by atoms with E-state index in [0.29, 0.717) is 28.4 Å². The fourth-order valence-corrected chi connectivity index (χ4v) is 2.16. The van der Waals surface area contributed by atoms with Gasteiger partial charge >= 0.3 is 0 Å². The average Bonchev–Trinajstić information content (AvgIpc) is 2.51. The molecule has 2 aromatic rings. The molecule has 0 atom stereocenters. The number of rotatable bonds is 4. The third-order valence-corrected chi connectivity index (χ3v) is 4.16. The molecule has 0 saturated carbocycles. The zero-order chi connectivity index (χ0) is 16.1. The second kappa shape index (κ2) is 7.42. The first-order valence-electron chi connectivity index (χ1n) is 6.66. The van der Waals surface area contributed by atoms with Gasteiger partial charge in [0.1, 0.15) is 0 Å². The number of halogens is 2. The van der Waals surface area contributed by atoms with E-state index in [9.17, 15) is 9.59 Å². The molecule has 0 saturated heterocycles. The zero-order valence-electron chi connectivity index (χ0n) is 11.8. The summed E-state index contributed by atoms with van der Waals surface area (Å²) < 4.78 is 0.767. The molecular formula is C16H14BrClN2O2. The molecule has 114 valence electrons. The number of carbonyl (C=O) groups is 2. The van der Waals surface area contributed by atoms with E-state index in [1.54, 1.807) is 49.4 Å². The Morgan fingerprint density at radius 3 is 2.27 bits per heavy atom. The molecule has 2 N–H and O–H groups in total. The Morgan fingerprint density at radius 2 is 1.68 bits per heavy atom. The van der Waals surface area contributed by atoms with Crippen LogP contribution < -0.4 is 10.6 Å². The zero-order valence-corrected chi connectivity index (χ0v) is 14.2. The Morgan fingerprint density at radius 1 is 1.05 bits per heavy atom. The van der Waals surface area contributed by atoms with Crippen molar-refractivity contribution >= 4 is 50.7 Å². The second-order valence-electron chi connectivity index (χ2n) is 4.56. The molecule has 2 amide bonds. The molecule has 6 heteroatoms. The third kappa shape index (κ3) is 4.32. The van der Waals surface area contributed by atoms with Crippen molar-refractivity contribution in [1.29, 1.82) is 0 Å². The Hall–Kier alpha value is -1.85. The van der Waals surface area contributed by atoms with E-state index >= 15 is 0 Å². The van der Waals surface area contributed by atoms with E-state index in [-0.39, 0.29) is 11.8 Å². The minimum atomic E-state index is -0.244. The van der Waals surface area contributed by atoms with Gasteiger partial charge in [0.15, 0.2) is 0 Å². The maximum Gasteiger partial charge on any atom is 0.255 e. The van der Waals surface area contributed by atoms with Crippen LogP contribution in [0.5, 0.6) is 0 Å². The lowest BCUT2D eigenvalue weighted by molar-refractivity contribution is -0.115. The predicted molar refractivity (Wildman–Crippen MR) is 92.5 cm³/mol. The molecule has 0 aliphatic rings. The van der Waals surface area contributed by atoms with E-state index in [1.165, 1.54) is 0 Å². The molecule has 0 aliphatic carbocycles. The summed E-state index contributed by atoms with van der Waals surface area (Å²) in [5.74, 6) is -0.312. The lowest BCUT2D eigenvalue weighted by Crippen LogP contribution is -2.13. The lowest BCUT2D eigenvalue weighted by atomic mass is 10.2. The van der Waals surface area contributed by atoms with Crippen molar-refractivity contribution in [3.8, 4) is 0 Å². The first-order valence-corrected chi connectivity index (χ1v) is 7.83. The lowest BCUT2D eigenvalue weighted by Gasteiger charge is -2.08. The van der Waals surface area contributed by atoms with E-state index in [2.05, 4.69) is 26.6 Å². The van der Waals surface area contributed by atoms with Crippen molar-refractivity contribution < 1.29 is 9.59 Å². The van der Waals surface area contributed by atoms with Crippen LogP contribution in [0.4, 0.5) is 11.4 Å². The number of amides is 2. The average molecular weight is 382 g/mol. The molecule has 0 radical (unpaired) electrons. The summed E-state index contributed by atoms with van der Waals surface area (Å²) >= 11 is 9.28. The van der Waals surface area contributed by atoms with Crippen LogP contribution in [0.25, 0.3) is 0 Å². The molecule has 0 unspecified atom stereocenters. The molecule has 0 aromatic heterocycles. The van der Waals surface area contributed by atoms with Crippen LogP contribution in [0.3, 0.4) is 0 Å². The number of benzene rings is 2. The van der Waals surface area contributed by atoms with Crippen LogP contribution in [-0.4, -0.2) is 11.8 Å². The second-order valence-corrected chi connectivity index (χ2v) is 5.82. The van der Waals surface area contributed by atoms with Crippen LogP contribution in [0.2, 0.25) is 5.02 Å². The van der Waals surface area contributed by atoms with E-state index in [1.807, 2.05) is 0 Å².